The number of anilines is 4. The Labute approximate surface area is 203 Å². The number of benzene rings is 1. The van der Waals surface area contributed by atoms with Gasteiger partial charge in [0.05, 0.1) is 32.8 Å². The van der Waals surface area contributed by atoms with Gasteiger partial charge in [0.2, 0.25) is 24.6 Å². The van der Waals surface area contributed by atoms with Crippen LogP contribution in [-0.2, 0) is 16.0 Å². The number of rotatable bonds is 16. The van der Waals surface area contributed by atoms with Crippen LogP contribution in [0.4, 0.5) is 23.5 Å². The van der Waals surface area contributed by atoms with E-state index < -0.39 is 0 Å². The van der Waals surface area contributed by atoms with E-state index in [1.54, 1.807) is 12.5 Å². The van der Waals surface area contributed by atoms with Crippen LogP contribution in [0.5, 0.6) is 11.5 Å². The first-order valence-electron chi connectivity index (χ1n) is 11.5. The summed E-state index contributed by atoms with van der Waals surface area (Å²) >= 11 is 0. The Morgan fingerprint density at radius 1 is 0.914 bits per heavy atom. The van der Waals surface area contributed by atoms with Gasteiger partial charge in [-0.3, -0.25) is 0 Å². The van der Waals surface area contributed by atoms with Gasteiger partial charge in [0.15, 0.2) is 11.5 Å². The molecule has 0 spiro atoms. The highest BCUT2D eigenvalue weighted by Gasteiger charge is 2.14. The molecule has 0 amide bonds. The van der Waals surface area contributed by atoms with Crippen molar-refractivity contribution in [2.24, 2.45) is 5.73 Å². The van der Waals surface area contributed by atoms with Crippen LogP contribution in [-0.4, -0.2) is 77.4 Å². The van der Waals surface area contributed by atoms with E-state index in [0.717, 1.165) is 18.7 Å². The number of aromatic nitrogens is 5. The molecule has 0 saturated carbocycles. The number of fused-ring (bicyclic) bond motifs is 1. The summed E-state index contributed by atoms with van der Waals surface area (Å²) in [5, 5.41) is 9.66. The highest BCUT2D eigenvalue weighted by atomic mass is 16.7. The van der Waals surface area contributed by atoms with Crippen LogP contribution in [0.3, 0.4) is 0 Å². The molecular weight excluding hydrogens is 454 g/mol. The van der Waals surface area contributed by atoms with Crippen molar-refractivity contribution < 1.29 is 18.9 Å². The fourth-order valence-corrected chi connectivity index (χ4v) is 3.21. The van der Waals surface area contributed by atoms with E-state index in [4.69, 9.17) is 24.7 Å². The summed E-state index contributed by atoms with van der Waals surface area (Å²) in [4.78, 5) is 17.5. The minimum absolute atomic E-state index is 0.215. The van der Waals surface area contributed by atoms with Gasteiger partial charge in [-0.25, -0.2) is 4.98 Å². The van der Waals surface area contributed by atoms with Gasteiger partial charge in [0.25, 0.3) is 0 Å². The van der Waals surface area contributed by atoms with Crippen molar-refractivity contribution in [1.82, 2.24) is 24.5 Å². The van der Waals surface area contributed by atoms with Crippen LogP contribution >= 0.6 is 0 Å². The second kappa shape index (κ2) is 13.3. The number of imidazole rings is 1. The molecule has 5 N–H and O–H groups in total. The molecule has 0 saturated heterocycles. The SMILES string of the molecule is NCCOCCOCCNc1nc(NCCCn2ccnc2)nc(Nc2ccc3c(c2)OCO3)n1. The van der Waals surface area contributed by atoms with E-state index in [2.05, 4.69) is 35.9 Å². The van der Waals surface area contributed by atoms with Crippen molar-refractivity contribution in [3.63, 3.8) is 0 Å². The topological polar surface area (TPSA) is 156 Å². The Hall–Kier alpha value is -3.68. The summed E-state index contributed by atoms with van der Waals surface area (Å²) in [5.74, 6) is 2.68. The Bertz CT molecular complexity index is 1040. The van der Waals surface area contributed by atoms with Gasteiger partial charge in [-0.15, -0.1) is 0 Å². The van der Waals surface area contributed by atoms with Crippen molar-refractivity contribution in [3.05, 3.63) is 36.9 Å². The van der Waals surface area contributed by atoms with Crippen LogP contribution in [0.2, 0.25) is 0 Å². The molecule has 0 atom stereocenters. The molecule has 0 fully saturated rings. The maximum Gasteiger partial charge on any atom is 0.233 e. The summed E-state index contributed by atoms with van der Waals surface area (Å²) in [5.41, 5.74) is 6.17. The first-order chi connectivity index (χ1) is 17.3. The third-order valence-corrected chi connectivity index (χ3v) is 4.86. The van der Waals surface area contributed by atoms with Crippen LogP contribution in [0.25, 0.3) is 0 Å². The molecule has 4 rings (SSSR count). The average Bonchev–Trinajstić information content (AvgIpc) is 3.55. The van der Waals surface area contributed by atoms with E-state index in [9.17, 15) is 0 Å². The van der Waals surface area contributed by atoms with Crippen molar-refractivity contribution in [2.45, 2.75) is 13.0 Å². The Balaban J connectivity index is 1.33. The minimum atomic E-state index is 0.215. The van der Waals surface area contributed by atoms with Crippen molar-refractivity contribution >= 4 is 23.5 Å². The highest BCUT2D eigenvalue weighted by molar-refractivity contribution is 5.61. The summed E-state index contributed by atoms with van der Waals surface area (Å²) in [6.07, 6.45) is 6.38. The molecule has 0 bridgehead atoms. The van der Waals surface area contributed by atoms with Crippen molar-refractivity contribution in [3.8, 4) is 11.5 Å². The highest BCUT2D eigenvalue weighted by Crippen LogP contribution is 2.34. The van der Waals surface area contributed by atoms with Gasteiger partial charge in [-0.05, 0) is 18.6 Å². The molecule has 3 aromatic rings. The molecule has 13 nitrogen and oxygen atoms in total. The normalized spacial score (nSPS) is 12.0. The number of nitrogens with one attached hydrogen (secondary N) is 3. The first kappa shape index (κ1) is 24.4. The number of aryl methyl sites for hydroxylation is 1. The molecule has 13 heteroatoms. The summed E-state index contributed by atoms with van der Waals surface area (Å²) < 4.78 is 23.7. The van der Waals surface area contributed by atoms with E-state index in [1.165, 1.54) is 0 Å². The van der Waals surface area contributed by atoms with Gasteiger partial charge in [-0.1, -0.05) is 0 Å². The van der Waals surface area contributed by atoms with Gasteiger partial charge in [-0.2, -0.15) is 15.0 Å². The van der Waals surface area contributed by atoms with Gasteiger partial charge in [0, 0.05) is 50.3 Å². The van der Waals surface area contributed by atoms with Crippen LogP contribution < -0.4 is 31.2 Å². The molecule has 188 valence electrons. The number of hydrogen-bond acceptors (Lipinski definition) is 12. The number of nitrogens with two attached hydrogens (primary N) is 1. The lowest BCUT2D eigenvalue weighted by Crippen LogP contribution is -2.17. The number of ether oxygens (including phenoxy) is 4. The molecule has 1 aliphatic rings. The monoisotopic (exact) mass is 485 g/mol. The van der Waals surface area contributed by atoms with Crippen molar-refractivity contribution in [1.29, 1.82) is 0 Å². The summed E-state index contributed by atoms with van der Waals surface area (Å²) in [6.45, 7) is 4.81. The molecule has 1 aliphatic heterocycles. The fraction of sp³-hybridized carbons (Fsp3) is 0.455. The minimum Gasteiger partial charge on any atom is -0.454 e. The summed E-state index contributed by atoms with van der Waals surface area (Å²) in [7, 11) is 0. The molecule has 3 heterocycles. The predicted molar refractivity (Wildman–Crippen MR) is 130 cm³/mol. The standard InChI is InChI=1S/C22H31N9O4/c23-4-10-32-12-13-33-11-7-26-21-28-20(25-5-1-8-31-9-6-24-15-31)29-22(30-21)27-17-2-3-18-19(14-17)35-16-34-18/h2-3,6,9,14-15H,1,4-5,7-8,10-13,16,23H2,(H3,25,26,27,28,29,30). The number of nitrogens with zero attached hydrogens (tertiary/aromatic N) is 5. The Kier molecular flexibility index (Phi) is 9.27. The van der Waals surface area contributed by atoms with Crippen LogP contribution in [0.1, 0.15) is 6.42 Å². The Morgan fingerprint density at radius 3 is 2.49 bits per heavy atom. The van der Waals surface area contributed by atoms with Crippen LogP contribution in [0, 0.1) is 0 Å². The second-order valence-corrected chi connectivity index (χ2v) is 7.52. The van der Waals surface area contributed by atoms with E-state index in [1.807, 2.05) is 29.0 Å². The van der Waals surface area contributed by atoms with E-state index in [0.29, 0.717) is 75.4 Å². The fourth-order valence-electron chi connectivity index (χ4n) is 3.21. The van der Waals surface area contributed by atoms with Gasteiger partial charge < -0.3 is 45.2 Å². The average molecular weight is 486 g/mol. The van der Waals surface area contributed by atoms with E-state index in [-0.39, 0.29) is 6.79 Å². The Morgan fingerprint density at radius 2 is 1.69 bits per heavy atom. The lowest BCUT2D eigenvalue weighted by atomic mass is 10.3. The zero-order valence-corrected chi connectivity index (χ0v) is 19.5. The molecule has 1 aromatic carbocycles. The molecule has 0 aliphatic carbocycles. The van der Waals surface area contributed by atoms with E-state index >= 15 is 0 Å². The lowest BCUT2D eigenvalue weighted by Gasteiger charge is -2.12. The lowest BCUT2D eigenvalue weighted by molar-refractivity contribution is 0.0547. The molecular formula is C22H31N9O4. The van der Waals surface area contributed by atoms with Gasteiger partial charge >= 0.3 is 0 Å². The predicted octanol–water partition coefficient (Wildman–Crippen LogP) is 1.45. The molecule has 2 aromatic heterocycles. The zero-order valence-electron chi connectivity index (χ0n) is 19.5. The summed E-state index contributed by atoms with van der Waals surface area (Å²) in [6, 6.07) is 5.57. The quantitative estimate of drug-likeness (QED) is 0.217. The first-order valence-corrected chi connectivity index (χ1v) is 11.5. The van der Waals surface area contributed by atoms with Gasteiger partial charge in [0.1, 0.15) is 0 Å². The van der Waals surface area contributed by atoms with Crippen molar-refractivity contribution in [2.75, 3.05) is 68.8 Å². The largest absolute Gasteiger partial charge is 0.454 e. The molecule has 0 radical (unpaired) electrons. The second-order valence-electron chi connectivity index (χ2n) is 7.52. The maximum absolute atomic E-state index is 5.55. The smallest absolute Gasteiger partial charge is 0.233 e. The maximum atomic E-state index is 5.55. The van der Waals surface area contributed by atoms with Crippen LogP contribution in [0.15, 0.2) is 36.9 Å². The number of hydrogen-bond donors (Lipinski definition) is 4. The third-order valence-electron chi connectivity index (χ3n) is 4.86. The molecule has 35 heavy (non-hydrogen) atoms. The zero-order chi connectivity index (χ0) is 24.1. The third kappa shape index (κ3) is 7.95. The molecule has 0 unspecified atom stereocenters.